The van der Waals surface area contributed by atoms with Crippen molar-refractivity contribution in [2.45, 2.75) is 223 Å². The van der Waals surface area contributed by atoms with E-state index in [-0.39, 0.29) is 39.4 Å². The Balaban J connectivity index is 0.877. The van der Waals surface area contributed by atoms with E-state index < -0.39 is 147 Å². The van der Waals surface area contributed by atoms with E-state index in [2.05, 4.69) is 40.7 Å². The molecule has 0 amide bonds. The number of carbonyl (C=O) groups is 2. The van der Waals surface area contributed by atoms with Crippen LogP contribution in [-0.2, 0) is 47.5 Å². The van der Waals surface area contributed by atoms with Gasteiger partial charge >= 0.3 is 5.97 Å². The molecule has 8 fully saturated rings. The van der Waals surface area contributed by atoms with E-state index >= 15 is 4.79 Å². The molecule has 4 saturated heterocycles. The maximum atomic E-state index is 15.0. The number of ether oxygens (including phenoxy) is 8. The molecule has 4 saturated carbocycles. The molecule has 5 aliphatic carbocycles. The largest absolute Gasteiger partial charge is 0.432 e. The van der Waals surface area contributed by atoms with Crippen molar-refractivity contribution in [3.8, 4) is 0 Å². The molecule has 0 radical (unpaired) electrons. The Labute approximate surface area is 414 Å². The standard InChI is InChI=1S/C51H80O20/c1-23-32(56)35(59)40(70-41-36(60)33(57)26(53)19-64-41)44(67-23)68-28-21-66-42(37(61)34(28)58)69-39-27(54)20-65-43(38(39)62)71-45(63)51-16-14-46(2,3)18-25(51)24-8-9-30-47(4)12-11-31(55)48(5,22-52)29(47)10-13-50(30,7)49(24,6)15-17-51/h8,22-23,25-44,53-62H,9-21H2,1-7H3/t23-,25-,26+,27+,28+,29-,30-,31-,32-,33-,34-,35+,36+,37+,38+,39-,40+,41-,42-,43-,44-,47-,48-,49+,50+,51-/m0/s1. The summed E-state index contributed by atoms with van der Waals surface area (Å²) in [5, 5.41) is 109. The van der Waals surface area contributed by atoms with Crippen molar-refractivity contribution < 1.29 is 98.5 Å². The summed E-state index contributed by atoms with van der Waals surface area (Å²) in [6, 6.07) is 0. The van der Waals surface area contributed by atoms with Crippen molar-refractivity contribution in [3.63, 3.8) is 0 Å². The molecule has 4 aliphatic heterocycles. The van der Waals surface area contributed by atoms with Crippen molar-refractivity contribution in [3.05, 3.63) is 11.6 Å². The van der Waals surface area contributed by atoms with Gasteiger partial charge in [-0.1, -0.05) is 53.2 Å². The molecule has 0 aromatic carbocycles. The van der Waals surface area contributed by atoms with Crippen LogP contribution in [-0.4, -0.2) is 194 Å². The molecule has 0 unspecified atom stereocenters. The summed E-state index contributed by atoms with van der Waals surface area (Å²) in [6.07, 6.45) is -16.8. The number of hydrogen-bond acceptors (Lipinski definition) is 20. The number of aldehydes is 1. The number of rotatable bonds is 9. The van der Waals surface area contributed by atoms with Crippen LogP contribution in [0.25, 0.3) is 0 Å². The van der Waals surface area contributed by atoms with Crippen molar-refractivity contribution in [1.29, 1.82) is 0 Å². The van der Waals surface area contributed by atoms with Gasteiger partial charge in [-0.2, -0.15) is 0 Å². The minimum atomic E-state index is -1.86. The van der Waals surface area contributed by atoms with Gasteiger partial charge in [0, 0.05) is 0 Å². The molecule has 26 atom stereocenters. The SMILES string of the molecule is C[C@@H]1O[C@@H](O[C@@H]2CO[C@@H](O[C@@H]3[C@@H](O)[C@H](OC(=O)[C@]45CCC(C)(C)C[C@H]4C4=CC[C@H]6[C@@]7(C)CC[C@H](O)[C@@](C)(C=O)[C@H]7CC[C@@]6(C)[C@]4(C)CC5)OC[C@H]3O)[C@H](O)[C@H]2O)[C@H](O[C@@H]2OC[C@@H](O)[C@H](O)[C@H]2O)[C@H](O)[C@H]1O. The van der Waals surface area contributed by atoms with E-state index in [1.165, 1.54) is 12.5 Å². The van der Waals surface area contributed by atoms with Crippen LogP contribution in [0.2, 0.25) is 0 Å². The topological polar surface area (TPSA) is 310 Å². The zero-order valence-corrected chi connectivity index (χ0v) is 42.0. The van der Waals surface area contributed by atoms with E-state index in [0.29, 0.717) is 19.3 Å². The lowest BCUT2D eigenvalue weighted by Crippen LogP contribution is -2.66. The van der Waals surface area contributed by atoms with Gasteiger partial charge in [-0.25, -0.2) is 0 Å². The molecule has 71 heavy (non-hydrogen) atoms. The summed E-state index contributed by atoms with van der Waals surface area (Å²) in [4.78, 5) is 27.7. The van der Waals surface area contributed by atoms with Crippen LogP contribution in [0, 0.1) is 50.2 Å². The molecule has 0 aromatic rings. The third-order valence-corrected chi connectivity index (χ3v) is 20.2. The van der Waals surface area contributed by atoms with Crippen LogP contribution in [0.15, 0.2) is 11.6 Å². The monoisotopic (exact) mass is 1010 g/mol. The van der Waals surface area contributed by atoms with E-state index in [4.69, 9.17) is 37.9 Å². The van der Waals surface area contributed by atoms with Gasteiger partial charge in [0.25, 0.3) is 0 Å². The van der Waals surface area contributed by atoms with Gasteiger partial charge in [0.1, 0.15) is 79.5 Å². The Morgan fingerprint density at radius 1 is 0.634 bits per heavy atom. The number of aliphatic hydroxyl groups is 10. The first-order chi connectivity index (χ1) is 33.3. The smallest absolute Gasteiger partial charge is 0.315 e. The summed E-state index contributed by atoms with van der Waals surface area (Å²) in [6.45, 7) is 13.7. The normalized spacial score (nSPS) is 55.1. The van der Waals surface area contributed by atoms with Crippen molar-refractivity contribution in [2.75, 3.05) is 19.8 Å². The lowest BCUT2D eigenvalue weighted by molar-refractivity contribution is -0.377. The van der Waals surface area contributed by atoms with Gasteiger partial charge in [-0.05, 0) is 111 Å². The molecule has 0 aromatic heterocycles. The first-order valence-corrected chi connectivity index (χ1v) is 25.9. The van der Waals surface area contributed by atoms with Gasteiger partial charge in [0.05, 0.1) is 42.9 Å². The van der Waals surface area contributed by atoms with Gasteiger partial charge in [0.15, 0.2) is 18.9 Å². The third-order valence-electron chi connectivity index (χ3n) is 20.2. The Morgan fingerprint density at radius 3 is 1.97 bits per heavy atom. The maximum Gasteiger partial charge on any atom is 0.315 e. The number of allylic oxidation sites excluding steroid dienone is 2. The Morgan fingerprint density at radius 2 is 1.27 bits per heavy atom. The number of hydrogen-bond donors (Lipinski definition) is 10. The van der Waals surface area contributed by atoms with Gasteiger partial charge < -0.3 is 93.8 Å². The van der Waals surface area contributed by atoms with Crippen LogP contribution in [0.1, 0.15) is 113 Å². The van der Waals surface area contributed by atoms with Crippen molar-refractivity contribution in [1.82, 2.24) is 0 Å². The van der Waals surface area contributed by atoms with Gasteiger partial charge in [0.2, 0.25) is 6.29 Å². The molecule has 20 nitrogen and oxygen atoms in total. The summed E-state index contributed by atoms with van der Waals surface area (Å²) >= 11 is 0. The highest BCUT2D eigenvalue weighted by molar-refractivity contribution is 5.79. The molecule has 9 rings (SSSR count). The molecule has 4 heterocycles. The quantitative estimate of drug-likeness (QED) is 0.0831. The highest BCUT2D eigenvalue weighted by Gasteiger charge is 2.70. The first-order valence-electron chi connectivity index (χ1n) is 25.9. The predicted molar refractivity (Wildman–Crippen MR) is 244 cm³/mol. The zero-order chi connectivity index (χ0) is 51.5. The highest BCUT2D eigenvalue weighted by Crippen LogP contribution is 2.76. The Kier molecular flexibility index (Phi) is 14.7. The summed E-state index contributed by atoms with van der Waals surface area (Å²) < 4.78 is 46.5. The second-order valence-corrected chi connectivity index (χ2v) is 24.6. The minimum absolute atomic E-state index is 0.0536. The zero-order valence-electron chi connectivity index (χ0n) is 42.0. The molecule has 0 bridgehead atoms. The average molecular weight is 1010 g/mol. The van der Waals surface area contributed by atoms with E-state index in [0.717, 1.165) is 51.2 Å². The number of aliphatic hydroxyl groups excluding tert-OH is 10. The van der Waals surface area contributed by atoms with Crippen LogP contribution in [0.3, 0.4) is 0 Å². The average Bonchev–Trinajstić information content (AvgIpc) is 3.32. The summed E-state index contributed by atoms with van der Waals surface area (Å²) in [7, 11) is 0. The Bertz CT molecular complexity index is 1990. The van der Waals surface area contributed by atoms with Crippen LogP contribution >= 0.6 is 0 Å². The number of esters is 1. The summed E-state index contributed by atoms with van der Waals surface area (Å²) in [5.41, 5.74) is -1.12. The fraction of sp³-hybridized carbons (Fsp3) is 0.922. The molecular formula is C51H80O20. The van der Waals surface area contributed by atoms with E-state index in [1.54, 1.807) is 0 Å². The molecule has 9 aliphatic rings. The van der Waals surface area contributed by atoms with Crippen LogP contribution in [0.5, 0.6) is 0 Å². The Hall–Kier alpha value is -1.80. The molecule has 20 heteroatoms. The number of fused-ring (bicyclic) bond motifs is 7. The van der Waals surface area contributed by atoms with Gasteiger partial charge in [-0.15, -0.1) is 0 Å². The molecule has 404 valence electrons. The molecular weight excluding hydrogens is 933 g/mol. The molecule has 0 spiro atoms. The molecule has 10 N–H and O–H groups in total. The van der Waals surface area contributed by atoms with Gasteiger partial charge in [-0.3, -0.25) is 4.79 Å². The van der Waals surface area contributed by atoms with Crippen molar-refractivity contribution >= 4 is 12.3 Å². The van der Waals surface area contributed by atoms with E-state index in [1.807, 2.05) is 6.92 Å². The number of carbonyl (C=O) groups excluding carboxylic acids is 2. The first kappa shape index (κ1) is 54.0. The lowest BCUT2D eigenvalue weighted by Gasteiger charge is -2.71. The fourth-order valence-corrected chi connectivity index (χ4v) is 15.4. The van der Waals surface area contributed by atoms with Crippen LogP contribution < -0.4 is 0 Å². The van der Waals surface area contributed by atoms with Crippen LogP contribution in [0.4, 0.5) is 0 Å². The second-order valence-electron chi connectivity index (χ2n) is 24.6. The fourth-order valence-electron chi connectivity index (χ4n) is 15.4. The third kappa shape index (κ3) is 8.71. The maximum absolute atomic E-state index is 15.0. The highest BCUT2D eigenvalue weighted by atomic mass is 16.8. The lowest BCUT2D eigenvalue weighted by atomic mass is 9.33. The predicted octanol–water partition coefficient (Wildman–Crippen LogP) is 0.0886. The minimum Gasteiger partial charge on any atom is -0.432 e. The summed E-state index contributed by atoms with van der Waals surface area (Å²) in [5.74, 6) is -0.352. The second kappa shape index (κ2) is 19.3. The van der Waals surface area contributed by atoms with Crippen molar-refractivity contribution in [2.24, 2.45) is 50.2 Å². The van der Waals surface area contributed by atoms with E-state index in [9.17, 15) is 55.9 Å².